The highest BCUT2D eigenvalue weighted by Gasteiger charge is 2.11. The van der Waals surface area contributed by atoms with Crippen molar-refractivity contribution < 1.29 is 18.3 Å². The fourth-order valence-electron chi connectivity index (χ4n) is 1.57. The number of rotatable bonds is 4. The van der Waals surface area contributed by atoms with E-state index >= 15 is 0 Å². The molecule has 0 saturated carbocycles. The monoisotopic (exact) mass is 325 g/mol. The molecule has 0 atom stereocenters. The summed E-state index contributed by atoms with van der Waals surface area (Å²) in [6.07, 6.45) is 1.19. The maximum absolute atomic E-state index is 12.0. The van der Waals surface area contributed by atoms with Crippen molar-refractivity contribution in [2.75, 3.05) is 7.11 Å². The van der Waals surface area contributed by atoms with Crippen molar-refractivity contribution in [3.63, 3.8) is 0 Å². The number of nitrogens with zero attached hydrogens (tertiary/aromatic N) is 1. The number of halogens is 1. The molecule has 0 unspecified atom stereocenters. The molecule has 0 bridgehead atoms. The predicted molar refractivity (Wildman–Crippen MR) is 80.9 cm³/mol. The second-order valence-electron chi connectivity index (χ2n) is 4.09. The Balaban J connectivity index is 2.29. The molecule has 7 heteroatoms. The van der Waals surface area contributed by atoms with E-state index in [1.54, 1.807) is 0 Å². The molecule has 0 heterocycles. The van der Waals surface area contributed by atoms with Crippen molar-refractivity contribution in [2.24, 2.45) is 4.40 Å². The maximum Gasteiger partial charge on any atom is 0.282 e. The SMILES string of the molecule is COc1cc(/C=N/S(=O)(=O)c2ccc(Cl)cc2)ccc1O. The Hall–Kier alpha value is -2.05. The van der Waals surface area contributed by atoms with Crippen LogP contribution in [0.4, 0.5) is 0 Å². The Morgan fingerprint density at radius 1 is 1.19 bits per heavy atom. The summed E-state index contributed by atoms with van der Waals surface area (Å²) >= 11 is 5.71. The summed E-state index contributed by atoms with van der Waals surface area (Å²) in [5, 5.41) is 9.91. The number of phenolic OH excluding ortho intramolecular Hbond substituents is 1. The van der Waals surface area contributed by atoms with Gasteiger partial charge in [0.25, 0.3) is 10.0 Å². The minimum Gasteiger partial charge on any atom is -0.504 e. The second-order valence-corrected chi connectivity index (χ2v) is 6.16. The molecular formula is C14H12ClNO4S. The molecule has 21 heavy (non-hydrogen) atoms. The third kappa shape index (κ3) is 3.74. The minimum atomic E-state index is -3.80. The molecule has 2 aromatic rings. The molecular weight excluding hydrogens is 314 g/mol. The quantitative estimate of drug-likeness (QED) is 0.877. The summed E-state index contributed by atoms with van der Waals surface area (Å²) in [5.41, 5.74) is 0.488. The number of aromatic hydroxyl groups is 1. The number of phenols is 1. The number of ether oxygens (including phenoxy) is 1. The maximum atomic E-state index is 12.0. The van der Waals surface area contributed by atoms with Gasteiger partial charge in [-0.15, -0.1) is 0 Å². The molecule has 0 radical (unpaired) electrons. The van der Waals surface area contributed by atoms with E-state index in [1.165, 1.54) is 55.8 Å². The molecule has 0 saturated heterocycles. The fourth-order valence-corrected chi connectivity index (χ4v) is 2.56. The summed E-state index contributed by atoms with van der Waals surface area (Å²) < 4.78 is 32.6. The van der Waals surface area contributed by atoms with Crippen LogP contribution in [0.15, 0.2) is 51.8 Å². The fraction of sp³-hybridized carbons (Fsp3) is 0.0714. The lowest BCUT2D eigenvalue weighted by molar-refractivity contribution is 0.373. The van der Waals surface area contributed by atoms with Crippen LogP contribution in [0.3, 0.4) is 0 Å². The van der Waals surface area contributed by atoms with Gasteiger partial charge in [0.05, 0.1) is 12.0 Å². The average Bonchev–Trinajstić information content (AvgIpc) is 2.47. The third-order valence-electron chi connectivity index (χ3n) is 2.66. The van der Waals surface area contributed by atoms with Gasteiger partial charge in [0.1, 0.15) is 0 Å². The zero-order valence-electron chi connectivity index (χ0n) is 11.0. The first-order valence-corrected chi connectivity index (χ1v) is 7.67. The summed E-state index contributed by atoms with van der Waals surface area (Å²) in [6, 6.07) is 10.1. The predicted octanol–water partition coefficient (Wildman–Crippen LogP) is 2.86. The van der Waals surface area contributed by atoms with Crippen molar-refractivity contribution in [3.8, 4) is 11.5 Å². The molecule has 0 aliphatic rings. The van der Waals surface area contributed by atoms with E-state index in [0.717, 1.165) is 0 Å². The van der Waals surface area contributed by atoms with Crippen LogP contribution in [0.25, 0.3) is 0 Å². The summed E-state index contributed by atoms with van der Waals surface area (Å²) in [6.45, 7) is 0. The Morgan fingerprint density at radius 2 is 1.86 bits per heavy atom. The second kappa shape index (κ2) is 6.15. The van der Waals surface area contributed by atoms with Crippen molar-refractivity contribution in [2.45, 2.75) is 4.90 Å². The molecule has 0 amide bonds. The van der Waals surface area contributed by atoms with Gasteiger partial charge in [0, 0.05) is 11.2 Å². The van der Waals surface area contributed by atoms with E-state index in [2.05, 4.69) is 4.40 Å². The minimum absolute atomic E-state index is 0.0322. The van der Waals surface area contributed by atoms with Crippen molar-refractivity contribution in [1.82, 2.24) is 0 Å². The van der Waals surface area contributed by atoms with Crippen LogP contribution in [0, 0.1) is 0 Å². The smallest absolute Gasteiger partial charge is 0.282 e. The highest BCUT2D eigenvalue weighted by atomic mass is 35.5. The first kappa shape index (κ1) is 15.3. The highest BCUT2D eigenvalue weighted by molar-refractivity contribution is 7.90. The lowest BCUT2D eigenvalue weighted by atomic mass is 10.2. The van der Waals surface area contributed by atoms with Crippen molar-refractivity contribution in [3.05, 3.63) is 53.1 Å². The summed E-state index contributed by atoms with van der Waals surface area (Å²) in [5.74, 6) is 0.207. The molecule has 110 valence electrons. The topological polar surface area (TPSA) is 76.0 Å². The van der Waals surface area contributed by atoms with E-state index in [9.17, 15) is 13.5 Å². The van der Waals surface area contributed by atoms with Gasteiger partial charge in [-0.2, -0.15) is 12.8 Å². The van der Waals surface area contributed by atoms with E-state index in [0.29, 0.717) is 10.6 Å². The molecule has 0 aliphatic carbocycles. The van der Waals surface area contributed by atoms with Gasteiger partial charge < -0.3 is 9.84 Å². The van der Waals surface area contributed by atoms with Crippen LogP contribution in [-0.2, 0) is 10.0 Å². The van der Waals surface area contributed by atoms with Gasteiger partial charge in [-0.1, -0.05) is 11.6 Å². The van der Waals surface area contributed by atoms with Crippen LogP contribution >= 0.6 is 11.6 Å². The summed E-state index contributed by atoms with van der Waals surface area (Å²) in [7, 11) is -2.39. The first-order chi connectivity index (χ1) is 9.92. The van der Waals surface area contributed by atoms with Crippen LogP contribution in [0.1, 0.15) is 5.56 Å². The van der Waals surface area contributed by atoms with Crippen molar-refractivity contribution in [1.29, 1.82) is 0 Å². The van der Waals surface area contributed by atoms with Gasteiger partial charge in [-0.3, -0.25) is 0 Å². The number of benzene rings is 2. The Kier molecular flexibility index (Phi) is 4.50. The van der Waals surface area contributed by atoms with Gasteiger partial charge in [-0.05, 0) is 48.0 Å². The van der Waals surface area contributed by atoms with E-state index in [-0.39, 0.29) is 16.4 Å². The largest absolute Gasteiger partial charge is 0.504 e. The number of methoxy groups -OCH3 is 1. The van der Waals surface area contributed by atoms with Gasteiger partial charge in [-0.25, -0.2) is 0 Å². The molecule has 5 nitrogen and oxygen atoms in total. The van der Waals surface area contributed by atoms with Gasteiger partial charge in [0.2, 0.25) is 0 Å². The average molecular weight is 326 g/mol. The lowest BCUT2D eigenvalue weighted by Crippen LogP contribution is -1.97. The highest BCUT2D eigenvalue weighted by Crippen LogP contribution is 2.25. The van der Waals surface area contributed by atoms with E-state index < -0.39 is 10.0 Å². The summed E-state index contributed by atoms with van der Waals surface area (Å²) in [4.78, 5) is 0.0499. The number of hydrogen-bond acceptors (Lipinski definition) is 4. The normalized spacial score (nSPS) is 11.7. The zero-order chi connectivity index (χ0) is 15.5. The molecule has 0 fully saturated rings. The molecule has 2 aromatic carbocycles. The van der Waals surface area contributed by atoms with Crippen molar-refractivity contribution >= 4 is 27.8 Å². The van der Waals surface area contributed by atoms with Crippen LogP contribution < -0.4 is 4.74 Å². The Labute approximate surface area is 127 Å². The van der Waals surface area contributed by atoms with Crippen LogP contribution in [0.5, 0.6) is 11.5 Å². The molecule has 1 N–H and O–H groups in total. The van der Waals surface area contributed by atoms with Gasteiger partial charge >= 0.3 is 0 Å². The third-order valence-corrected chi connectivity index (χ3v) is 4.16. The van der Waals surface area contributed by atoms with E-state index in [1.807, 2.05) is 0 Å². The lowest BCUT2D eigenvalue weighted by Gasteiger charge is -2.03. The standard InChI is InChI=1S/C14H12ClNO4S/c1-20-14-8-10(2-7-13(14)17)9-16-21(18,19)12-5-3-11(15)4-6-12/h2-9,17H,1H3/b16-9+. The number of hydrogen-bond donors (Lipinski definition) is 1. The number of sulfonamides is 1. The van der Waals surface area contributed by atoms with Gasteiger partial charge in [0.15, 0.2) is 11.5 Å². The molecule has 2 rings (SSSR count). The van der Waals surface area contributed by atoms with E-state index in [4.69, 9.17) is 16.3 Å². The Morgan fingerprint density at radius 3 is 2.48 bits per heavy atom. The first-order valence-electron chi connectivity index (χ1n) is 5.85. The molecule has 0 aromatic heterocycles. The molecule has 0 aliphatic heterocycles. The Bertz CT molecular complexity index is 770. The van der Waals surface area contributed by atoms with Crippen LogP contribution in [0.2, 0.25) is 5.02 Å². The molecule has 0 spiro atoms. The van der Waals surface area contributed by atoms with Crippen LogP contribution in [-0.4, -0.2) is 26.8 Å². The zero-order valence-corrected chi connectivity index (χ0v) is 12.6.